The third kappa shape index (κ3) is 3.10. The van der Waals surface area contributed by atoms with Crippen LogP contribution in [0, 0.1) is 11.7 Å². The molecule has 0 saturated carbocycles. The van der Waals surface area contributed by atoms with Gasteiger partial charge in [-0.1, -0.05) is 5.57 Å². The van der Waals surface area contributed by atoms with E-state index in [-0.39, 0.29) is 16.6 Å². The van der Waals surface area contributed by atoms with Crippen molar-refractivity contribution in [3.8, 4) is 5.69 Å². The Hall–Kier alpha value is -2.78. The molecule has 0 bridgehead atoms. The number of rotatable bonds is 3. The zero-order valence-corrected chi connectivity index (χ0v) is 16.7. The van der Waals surface area contributed by atoms with Gasteiger partial charge < -0.3 is 0 Å². The number of benzene rings is 1. The van der Waals surface area contributed by atoms with E-state index in [1.165, 1.54) is 34.8 Å². The zero-order chi connectivity index (χ0) is 20.2. The smallest absolute Gasteiger partial charge is 0.246 e. The minimum atomic E-state index is -3.54. The Morgan fingerprint density at radius 3 is 2.66 bits per heavy atom. The Bertz CT molecular complexity index is 1210. The summed E-state index contributed by atoms with van der Waals surface area (Å²) < 4.78 is 44.0. The second-order valence-corrected chi connectivity index (χ2v) is 9.46. The van der Waals surface area contributed by atoms with Crippen molar-refractivity contribution in [3.63, 3.8) is 0 Å². The van der Waals surface area contributed by atoms with Crippen molar-refractivity contribution in [2.45, 2.75) is 17.7 Å². The average molecular weight is 413 g/mol. The van der Waals surface area contributed by atoms with E-state index in [1.54, 1.807) is 23.5 Å². The Morgan fingerprint density at radius 2 is 1.93 bits per heavy atom. The molecule has 1 fully saturated rings. The lowest BCUT2D eigenvalue weighted by Crippen LogP contribution is -2.42. The maximum Gasteiger partial charge on any atom is 0.246 e. The molecule has 1 aliphatic heterocycles. The Labute approximate surface area is 168 Å². The van der Waals surface area contributed by atoms with Crippen LogP contribution >= 0.6 is 0 Å². The van der Waals surface area contributed by atoms with Crippen LogP contribution in [-0.4, -0.2) is 45.4 Å². The summed E-state index contributed by atoms with van der Waals surface area (Å²) in [5.41, 5.74) is 4.11. The van der Waals surface area contributed by atoms with Crippen molar-refractivity contribution >= 4 is 16.1 Å². The standard InChI is InChI=1S/C20H20FN5O2S/c1-24-13-19(11-22-24)29(27,28)25-7-6-14-9-20-15(8-16(14)12-25)10-23-26(20)18-4-2-17(21)3-5-18/h2-5,9-11,13,16H,6-8,12H2,1H3/t16-/m0/s1. The number of nitrogens with zero attached hydrogens (tertiary/aromatic N) is 5. The van der Waals surface area contributed by atoms with Gasteiger partial charge in [0.25, 0.3) is 0 Å². The van der Waals surface area contributed by atoms with Crippen LogP contribution in [0.5, 0.6) is 0 Å². The van der Waals surface area contributed by atoms with E-state index in [2.05, 4.69) is 16.3 Å². The van der Waals surface area contributed by atoms with Gasteiger partial charge in [0.2, 0.25) is 10.0 Å². The van der Waals surface area contributed by atoms with Crippen LogP contribution < -0.4 is 0 Å². The summed E-state index contributed by atoms with van der Waals surface area (Å²) in [7, 11) is -1.84. The fourth-order valence-electron chi connectivity index (χ4n) is 4.13. The molecule has 0 N–H and O–H groups in total. The van der Waals surface area contributed by atoms with Gasteiger partial charge in [0.1, 0.15) is 10.7 Å². The first-order valence-electron chi connectivity index (χ1n) is 9.44. The molecule has 29 heavy (non-hydrogen) atoms. The van der Waals surface area contributed by atoms with Crippen LogP contribution in [-0.2, 0) is 23.5 Å². The molecule has 0 radical (unpaired) electrons. The van der Waals surface area contributed by atoms with Crippen LogP contribution in [0.2, 0.25) is 0 Å². The highest BCUT2D eigenvalue weighted by molar-refractivity contribution is 7.89. The van der Waals surface area contributed by atoms with Crippen molar-refractivity contribution < 1.29 is 12.8 Å². The molecule has 5 rings (SSSR count). The fourth-order valence-corrected chi connectivity index (χ4v) is 5.60. The molecular formula is C20H20FN5O2S. The molecule has 0 spiro atoms. The number of fused-ring (bicyclic) bond motifs is 2. The summed E-state index contributed by atoms with van der Waals surface area (Å²) in [5, 5.41) is 8.47. The summed E-state index contributed by atoms with van der Waals surface area (Å²) in [6.45, 7) is 0.893. The molecule has 1 saturated heterocycles. The van der Waals surface area contributed by atoms with Gasteiger partial charge in [0.05, 0.1) is 23.8 Å². The highest BCUT2D eigenvalue weighted by Gasteiger charge is 2.35. The normalized spacial score (nSPS) is 19.5. The largest absolute Gasteiger partial charge is 0.274 e. The molecule has 0 unspecified atom stereocenters. The molecule has 2 aromatic heterocycles. The monoisotopic (exact) mass is 413 g/mol. The second kappa shape index (κ2) is 6.64. The number of hydrogen-bond acceptors (Lipinski definition) is 4. The number of aromatic nitrogens is 4. The van der Waals surface area contributed by atoms with E-state index in [9.17, 15) is 12.8 Å². The van der Waals surface area contributed by atoms with Gasteiger partial charge in [-0.3, -0.25) is 4.68 Å². The predicted octanol–water partition coefficient (Wildman–Crippen LogP) is 2.40. The summed E-state index contributed by atoms with van der Waals surface area (Å²) in [6.07, 6.45) is 8.28. The number of piperidine rings is 1. The van der Waals surface area contributed by atoms with Gasteiger partial charge in [-0.25, -0.2) is 17.5 Å². The fraction of sp³-hybridized carbons (Fsp3) is 0.300. The predicted molar refractivity (Wildman–Crippen MR) is 105 cm³/mol. The van der Waals surface area contributed by atoms with Gasteiger partial charge in [-0.05, 0) is 54.7 Å². The van der Waals surface area contributed by atoms with E-state index < -0.39 is 10.0 Å². The molecule has 3 heterocycles. The quantitative estimate of drug-likeness (QED) is 0.661. The van der Waals surface area contributed by atoms with Crippen molar-refractivity contribution in [2.24, 2.45) is 13.0 Å². The van der Waals surface area contributed by atoms with Crippen molar-refractivity contribution in [3.05, 3.63) is 65.5 Å². The summed E-state index contributed by atoms with van der Waals surface area (Å²) in [4.78, 5) is 0.230. The molecule has 7 nitrogen and oxygen atoms in total. The van der Waals surface area contributed by atoms with Crippen LogP contribution in [0.25, 0.3) is 11.8 Å². The van der Waals surface area contributed by atoms with Crippen LogP contribution in [0.4, 0.5) is 4.39 Å². The van der Waals surface area contributed by atoms with Gasteiger partial charge >= 0.3 is 0 Å². The van der Waals surface area contributed by atoms with Crippen LogP contribution in [0.15, 0.2) is 53.3 Å². The Kier molecular flexibility index (Phi) is 4.18. The van der Waals surface area contributed by atoms with E-state index in [1.807, 2.05) is 10.9 Å². The molecule has 1 aromatic carbocycles. The first kappa shape index (κ1) is 18.3. The maximum absolute atomic E-state index is 13.2. The summed E-state index contributed by atoms with van der Waals surface area (Å²) in [6, 6.07) is 6.25. The molecule has 150 valence electrons. The highest BCUT2D eigenvalue weighted by Crippen LogP contribution is 2.36. The molecule has 9 heteroatoms. The molecular weight excluding hydrogens is 393 g/mol. The first-order valence-corrected chi connectivity index (χ1v) is 10.9. The number of aryl methyl sites for hydroxylation is 1. The number of halogens is 1. The SMILES string of the molecule is Cn1cc(S(=O)(=O)N2CCC3=Cc4c(cnn4-c4ccc(F)cc4)C[C@H]3C2)cn1. The number of sulfonamides is 1. The van der Waals surface area contributed by atoms with E-state index >= 15 is 0 Å². The molecule has 0 amide bonds. The van der Waals surface area contributed by atoms with Gasteiger partial charge in [-0.2, -0.15) is 14.5 Å². The maximum atomic E-state index is 13.2. The Morgan fingerprint density at radius 1 is 1.14 bits per heavy atom. The molecule has 1 atom stereocenters. The van der Waals surface area contributed by atoms with E-state index in [0.717, 1.165) is 23.4 Å². The van der Waals surface area contributed by atoms with E-state index in [4.69, 9.17) is 0 Å². The first-order chi connectivity index (χ1) is 13.9. The lowest BCUT2D eigenvalue weighted by Gasteiger charge is -2.35. The van der Waals surface area contributed by atoms with Gasteiger partial charge in [-0.15, -0.1) is 0 Å². The Balaban J connectivity index is 1.42. The van der Waals surface area contributed by atoms with E-state index in [0.29, 0.717) is 19.5 Å². The minimum absolute atomic E-state index is 0.133. The summed E-state index contributed by atoms with van der Waals surface area (Å²) >= 11 is 0. The topological polar surface area (TPSA) is 73.0 Å². The van der Waals surface area contributed by atoms with Crippen molar-refractivity contribution in [1.82, 2.24) is 23.9 Å². The van der Waals surface area contributed by atoms with Crippen LogP contribution in [0.1, 0.15) is 17.7 Å². The zero-order valence-electron chi connectivity index (χ0n) is 15.9. The van der Waals surface area contributed by atoms with Gasteiger partial charge in [0, 0.05) is 26.3 Å². The van der Waals surface area contributed by atoms with Crippen LogP contribution in [0.3, 0.4) is 0 Å². The number of hydrogen-bond donors (Lipinski definition) is 0. The van der Waals surface area contributed by atoms with Crippen molar-refractivity contribution in [1.29, 1.82) is 0 Å². The summed E-state index contributed by atoms with van der Waals surface area (Å²) in [5.74, 6) is -0.149. The lowest BCUT2D eigenvalue weighted by atomic mass is 9.83. The molecule has 1 aliphatic carbocycles. The van der Waals surface area contributed by atoms with Crippen molar-refractivity contribution in [2.75, 3.05) is 13.1 Å². The highest BCUT2D eigenvalue weighted by atomic mass is 32.2. The average Bonchev–Trinajstić information content (AvgIpc) is 3.33. The van der Waals surface area contributed by atoms with Gasteiger partial charge in [0.15, 0.2) is 0 Å². The second-order valence-electron chi connectivity index (χ2n) is 7.53. The third-order valence-corrected chi connectivity index (χ3v) is 7.48. The lowest BCUT2D eigenvalue weighted by molar-refractivity contribution is 0.322. The molecule has 2 aliphatic rings. The molecule has 3 aromatic rings. The minimum Gasteiger partial charge on any atom is -0.274 e. The third-order valence-electron chi connectivity index (χ3n) is 5.66.